The summed E-state index contributed by atoms with van der Waals surface area (Å²) in [5, 5.41) is 10.4. The molecule has 1 unspecified atom stereocenters. The van der Waals surface area contributed by atoms with Crippen LogP contribution in [0.2, 0.25) is 0 Å². The van der Waals surface area contributed by atoms with Crippen LogP contribution in [0.25, 0.3) is 0 Å². The van der Waals surface area contributed by atoms with Gasteiger partial charge in [-0.2, -0.15) is 0 Å². The predicted molar refractivity (Wildman–Crippen MR) is 96.6 cm³/mol. The van der Waals surface area contributed by atoms with Crippen molar-refractivity contribution < 1.29 is 24.2 Å². The van der Waals surface area contributed by atoms with Crippen molar-refractivity contribution in [2.45, 2.75) is 13.0 Å². The van der Waals surface area contributed by atoms with Crippen LogP contribution in [0, 0.1) is 0 Å². The highest BCUT2D eigenvalue weighted by Gasteiger charge is 2.44. The van der Waals surface area contributed by atoms with E-state index in [1.165, 1.54) is 18.9 Å². The van der Waals surface area contributed by atoms with Gasteiger partial charge in [0.1, 0.15) is 11.5 Å². The molecule has 0 aliphatic carbocycles. The molecule has 134 valence electrons. The molecule has 6 nitrogen and oxygen atoms in total. The Morgan fingerprint density at radius 1 is 1.04 bits per heavy atom. The second-order valence-electron chi connectivity index (χ2n) is 5.84. The summed E-state index contributed by atoms with van der Waals surface area (Å²) in [6, 6.07) is 13.2. The van der Waals surface area contributed by atoms with Crippen LogP contribution in [-0.4, -0.2) is 31.0 Å². The fourth-order valence-electron chi connectivity index (χ4n) is 3.14. The first-order valence-corrected chi connectivity index (χ1v) is 8.04. The summed E-state index contributed by atoms with van der Waals surface area (Å²) < 4.78 is 10.5. The van der Waals surface area contributed by atoms with Gasteiger partial charge in [-0.05, 0) is 36.8 Å². The van der Waals surface area contributed by atoms with Gasteiger partial charge in [-0.3, -0.25) is 14.5 Å². The van der Waals surface area contributed by atoms with Crippen LogP contribution in [0.3, 0.4) is 0 Å². The number of carbonyl (C=O) groups excluding carboxylic acids is 2. The highest BCUT2D eigenvalue weighted by atomic mass is 16.5. The van der Waals surface area contributed by atoms with Gasteiger partial charge >= 0.3 is 0 Å². The number of aliphatic hydroxyl groups is 1. The topological polar surface area (TPSA) is 76.1 Å². The fraction of sp³-hybridized carbons (Fsp3) is 0.200. The zero-order chi connectivity index (χ0) is 18.8. The van der Waals surface area contributed by atoms with Crippen LogP contribution >= 0.6 is 0 Å². The standard InChI is InChI=1S/C20H19NO5/c1-12(22)17-18(13-8-10-14(25-2)11-9-13)21(20(24)19(17)23)15-6-4-5-7-16(15)26-3/h4-11,18,23H,1-3H3. The maximum absolute atomic E-state index is 12.8. The Bertz CT molecular complexity index is 885. The first-order chi connectivity index (χ1) is 12.5. The first kappa shape index (κ1) is 17.5. The van der Waals surface area contributed by atoms with Gasteiger partial charge in [0.2, 0.25) is 0 Å². The van der Waals surface area contributed by atoms with E-state index in [0.29, 0.717) is 22.7 Å². The van der Waals surface area contributed by atoms with Gasteiger partial charge in [0.25, 0.3) is 5.91 Å². The van der Waals surface area contributed by atoms with Crippen molar-refractivity contribution in [2.75, 3.05) is 19.1 Å². The minimum atomic E-state index is -0.748. The van der Waals surface area contributed by atoms with E-state index in [2.05, 4.69) is 0 Å². The van der Waals surface area contributed by atoms with E-state index < -0.39 is 17.7 Å². The Kier molecular flexibility index (Phi) is 4.67. The number of nitrogens with zero attached hydrogens (tertiary/aromatic N) is 1. The molecular weight excluding hydrogens is 334 g/mol. The second kappa shape index (κ2) is 6.92. The van der Waals surface area contributed by atoms with Crippen LogP contribution in [0.4, 0.5) is 5.69 Å². The Balaban J connectivity index is 2.18. The van der Waals surface area contributed by atoms with Gasteiger partial charge in [0.15, 0.2) is 11.5 Å². The van der Waals surface area contributed by atoms with E-state index in [1.807, 2.05) is 0 Å². The molecule has 0 saturated carbocycles. The largest absolute Gasteiger partial charge is 0.503 e. The van der Waals surface area contributed by atoms with Crippen LogP contribution in [0.5, 0.6) is 11.5 Å². The van der Waals surface area contributed by atoms with Crippen molar-refractivity contribution in [1.29, 1.82) is 0 Å². The van der Waals surface area contributed by atoms with Crippen LogP contribution < -0.4 is 14.4 Å². The number of para-hydroxylation sites is 2. The van der Waals surface area contributed by atoms with Crippen molar-refractivity contribution >= 4 is 17.4 Å². The molecule has 3 rings (SSSR count). The number of benzene rings is 2. The molecule has 0 bridgehead atoms. The number of ether oxygens (including phenoxy) is 2. The maximum atomic E-state index is 12.8. The highest BCUT2D eigenvalue weighted by Crippen LogP contribution is 2.44. The first-order valence-electron chi connectivity index (χ1n) is 8.04. The number of amides is 1. The zero-order valence-electron chi connectivity index (χ0n) is 14.7. The summed E-state index contributed by atoms with van der Waals surface area (Å²) in [4.78, 5) is 26.4. The van der Waals surface area contributed by atoms with Gasteiger partial charge in [0, 0.05) is 0 Å². The molecule has 0 fully saturated rings. The van der Waals surface area contributed by atoms with Crippen molar-refractivity contribution in [3.63, 3.8) is 0 Å². The Morgan fingerprint density at radius 3 is 2.27 bits per heavy atom. The van der Waals surface area contributed by atoms with E-state index in [-0.39, 0.29) is 11.4 Å². The maximum Gasteiger partial charge on any atom is 0.294 e. The van der Waals surface area contributed by atoms with E-state index >= 15 is 0 Å². The monoisotopic (exact) mass is 353 g/mol. The SMILES string of the molecule is COc1ccc(C2C(C(C)=O)=C(O)C(=O)N2c2ccccc2OC)cc1. The van der Waals surface area contributed by atoms with Crippen LogP contribution in [-0.2, 0) is 9.59 Å². The van der Waals surface area contributed by atoms with Gasteiger partial charge in [0.05, 0.1) is 31.5 Å². The molecule has 1 aliphatic rings. The van der Waals surface area contributed by atoms with Gasteiger partial charge in [-0.1, -0.05) is 24.3 Å². The Labute approximate surface area is 151 Å². The molecule has 0 aromatic heterocycles. The minimum Gasteiger partial charge on any atom is -0.503 e. The number of aliphatic hydroxyl groups excluding tert-OH is 1. The van der Waals surface area contributed by atoms with Gasteiger partial charge < -0.3 is 14.6 Å². The highest BCUT2D eigenvalue weighted by molar-refractivity contribution is 6.16. The van der Waals surface area contributed by atoms with E-state index in [4.69, 9.17) is 9.47 Å². The number of ketones is 1. The molecule has 1 N–H and O–H groups in total. The predicted octanol–water partition coefficient (Wildman–Crippen LogP) is 3.19. The number of hydrogen-bond donors (Lipinski definition) is 1. The fourth-order valence-corrected chi connectivity index (χ4v) is 3.14. The number of hydrogen-bond acceptors (Lipinski definition) is 5. The Hall–Kier alpha value is -3.28. The zero-order valence-corrected chi connectivity index (χ0v) is 14.7. The lowest BCUT2D eigenvalue weighted by Gasteiger charge is -2.28. The van der Waals surface area contributed by atoms with Crippen molar-refractivity contribution in [3.8, 4) is 11.5 Å². The lowest BCUT2D eigenvalue weighted by molar-refractivity contribution is -0.117. The summed E-state index contributed by atoms with van der Waals surface area (Å²) in [5.41, 5.74) is 1.22. The van der Waals surface area contributed by atoms with Gasteiger partial charge in [-0.15, -0.1) is 0 Å². The molecule has 1 aliphatic heterocycles. The normalized spacial score (nSPS) is 16.8. The molecule has 2 aromatic carbocycles. The number of carbonyl (C=O) groups is 2. The molecule has 1 atom stereocenters. The second-order valence-corrected chi connectivity index (χ2v) is 5.84. The number of anilines is 1. The van der Waals surface area contributed by atoms with E-state index in [9.17, 15) is 14.7 Å². The quantitative estimate of drug-likeness (QED) is 0.893. The molecule has 1 amide bonds. The van der Waals surface area contributed by atoms with Gasteiger partial charge in [-0.25, -0.2) is 0 Å². The van der Waals surface area contributed by atoms with Crippen LogP contribution in [0.1, 0.15) is 18.5 Å². The molecule has 26 heavy (non-hydrogen) atoms. The molecule has 0 radical (unpaired) electrons. The summed E-state index contributed by atoms with van der Waals surface area (Å²) in [6.45, 7) is 1.33. The minimum absolute atomic E-state index is 0.0612. The third-order valence-corrected chi connectivity index (χ3v) is 4.36. The molecule has 1 heterocycles. The molecule has 0 spiro atoms. The number of rotatable bonds is 5. The number of methoxy groups -OCH3 is 2. The third-order valence-electron chi connectivity index (χ3n) is 4.36. The summed E-state index contributed by atoms with van der Waals surface area (Å²) in [6.07, 6.45) is 0. The molecule has 0 saturated heterocycles. The van der Waals surface area contributed by atoms with E-state index in [1.54, 1.807) is 55.6 Å². The molecular formula is C20H19NO5. The summed E-state index contributed by atoms with van der Waals surface area (Å²) in [7, 11) is 3.06. The van der Waals surface area contributed by atoms with Crippen molar-refractivity contribution in [2.24, 2.45) is 0 Å². The smallest absolute Gasteiger partial charge is 0.294 e. The van der Waals surface area contributed by atoms with Crippen molar-refractivity contribution in [3.05, 3.63) is 65.4 Å². The molecule has 6 heteroatoms. The average Bonchev–Trinajstić information content (AvgIpc) is 2.93. The Morgan fingerprint density at radius 2 is 1.69 bits per heavy atom. The van der Waals surface area contributed by atoms with Crippen molar-refractivity contribution in [1.82, 2.24) is 0 Å². The van der Waals surface area contributed by atoms with Crippen LogP contribution in [0.15, 0.2) is 59.9 Å². The summed E-state index contributed by atoms with van der Waals surface area (Å²) >= 11 is 0. The summed E-state index contributed by atoms with van der Waals surface area (Å²) in [5.74, 6) is -0.421. The third kappa shape index (κ3) is 2.79. The lowest BCUT2D eigenvalue weighted by Crippen LogP contribution is -2.31. The van der Waals surface area contributed by atoms with E-state index in [0.717, 1.165) is 0 Å². The number of Topliss-reactive ketones (excluding diaryl/α,β-unsaturated/α-hetero) is 1. The average molecular weight is 353 g/mol. The lowest BCUT2D eigenvalue weighted by atomic mass is 9.96. The molecule has 2 aromatic rings.